The number of hydrogen-bond donors (Lipinski definition) is 0. The van der Waals surface area contributed by atoms with Crippen molar-refractivity contribution in [3.8, 4) is 6.07 Å². The second-order valence-corrected chi connectivity index (χ2v) is 8.09. The Labute approximate surface area is 151 Å². The van der Waals surface area contributed by atoms with Gasteiger partial charge in [-0.15, -0.1) is 0 Å². The van der Waals surface area contributed by atoms with Gasteiger partial charge in [0.2, 0.25) is 0 Å². The molecule has 0 amide bonds. The first-order valence-corrected chi connectivity index (χ1v) is 8.78. The molecule has 0 N–H and O–H groups in total. The van der Waals surface area contributed by atoms with Crippen molar-refractivity contribution in [1.82, 2.24) is 0 Å². The second-order valence-electron chi connectivity index (χ2n) is 8.09. The smallest absolute Gasteiger partial charge is 0.159 e. The van der Waals surface area contributed by atoms with Gasteiger partial charge in [-0.25, -0.2) is 0 Å². The van der Waals surface area contributed by atoms with Crippen LogP contribution in [-0.2, 0) is 10.8 Å². The van der Waals surface area contributed by atoms with E-state index in [1.165, 1.54) is 11.1 Å². The van der Waals surface area contributed by atoms with Gasteiger partial charge in [-0.2, -0.15) is 5.26 Å². The fraction of sp³-hybridized carbons (Fsp3) is 0.391. The highest BCUT2D eigenvalue weighted by Crippen LogP contribution is 2.36. The van der Waals surface area contributed by atoms with Gasteiger partial charge in [0.25, 0.3) is 0 Å². The van der Waals surface area contributed by atoms with Gasteiger partial charge in [-0.3, -0.25) is 4.79 Å². The van der Waals surface area contributed by atoms with Crippen LogP contribution in [0, 0.1) is 11.3 Å². The Morgan fingerprint density at radius 3 is 1.60 bits per heavy atom. The van der Waals surface area contributed by atoms with Gasteiger partial charge < -0.3 is 0 Å². The Kier molecular flexibility index (Phi) is 5.48. The van der Waals surface area contributed by atoms with E-state index in [0.717, 1.165) is 18.4 Å². The van der Waals surface area contributed by atoms with Crippen molar-refractivity contribution >= 4 is 5.78 Å². The molecule has 130 valence electrons. The van der Waals surface area contributed by atoms with Gasteiger partial charge in [-0.05, 0) is 53.9 Å². The molecule has 0 heterocycles. The van der Waals surface area contributed by atoms with E-state index in [4.69, 9.17) is 5.26 Å². The van der Waals surface area contributed by atoms with E-state index in [9.17, 15) is 4.79 Å². The summed E-state index contributed by atoms with van der Waals surface area (Å²) >= 11 is 0. The maximum Gasteiger partial charge on any atom is 0.159 e. The molecule has 2 rings (SSSR count). The summed E-state index contributed by atoms with van der Waals surface area (Å²) in [7, 11) is 0. The van der Waals surface area contributed by atoms with Crippen LogP contribution >= 0.6 is 0 Å². The number of nitrogens with zero attached hydrogens (tertiary/aromatic N) is 1. The van der Waals surface area contributed by atoms with Gasteiger partial charge in [0.05, 0.1) is 11.6 Å². The number of carbonyl (C=O) groups is 1. The van der Waals surface area contributed by atoms with Crippen LogP contribution in [-0.4, -0.2) is 5.78 Å². The fourth-order valence-electron chi connectivity index (χ4n) is 3.07. The topological polar surface area (TPSA) is 40.9 Å². The minimum atomic E-state index is 0.0409. The van der Waals surface area contributed by atoms with Crippen molar-refractivity contribution in [2.75, 3.05) is 0 Å². The minimum absolute atomic E-state index is 0.0409. The quantitative estimate of drug-likeness (QED) is 0.627. The monoisotopic (exact) mass is 333 g/mol. The summed E-state index contributed by atoms with van der Waals surface area (Å²) in [4.78, 5) is 11.4. The van der Waals surface area contributed by atoms with Crippen LogP contribution in [0.1, 0.15) is 74.5 Å². The van der Waals surface area contributed by atoms with Crippen molar-refractivity contribution in [2.45, 2.75) is 58.3 Å². The van der Waals surface area contributed by atoms with E-state index in [0.29, 0.717) is 5.56 Å². The molecule has 0 unspecified atom stereocenters. The van der Waals surface area contributed by atoms with Gasteiger partial charge in [0.15, 0.2) is 5.78 Å². The van der Waals surface area contributed by atoms with E-state index in [1.54, 1.807) is 6.92 Å². The normalized spacial score (nSPS) is 11.8. The first kappa shape index (κ1) is 18.9. The summed E-state index contributed by atoms with van der Waals surface area (Å²) in [6.45, 7) is 10.6. The molecule has 0 saturated carbocycles. The molecule has 0 aromatic heterocycles. The fourth-order valence-corrected chi connectivity index (χ4v) is 3.07. The lowest BCUT2D eigenvalue weighted by Crippen LogP contribution is -2.24. The van der Waals surface area contributed by atoms with Crippen LogP contribution < -0.4 is 0 Å². The lowest BCUT2D eigenvalue weighted by Gasteiger charge is -2.32. The molecule has 2 nitrogen and oxygen atoms in total. The molecule has 0 fully saturated rings. The van der Waals surface area contributed by atoms with E-state index in [1.807, 2.05) is 24.3 Å². The highest BCUT2D eigenvalue weighted by molar-refractivity contribution is 5.94. The van der Waals surface area contributed by atoms with Crippen molar-refractivity contribution in [3.05, 3.63) is 70.8 Å². The van der Waals surface area contributed by atoms with Crippen LogP contribution in [0.4, 0.5) is 0 Å². The van der Waals surface area contributed by atoms with Crippen molar-refractivity contribution in [2.24, 2.45) is 0 Å². The number of carbonyl (C=O) groups excluding carboxylic acids is 1. The van der Waals surface area contributed by atoms with E-state index in [2.05, 4.69) is 58.0 Å². The highest BCUT2D eigenvalue weighted by atomic mass is 16.1. The molecule has 0 radical (unpaired) electrons. The zero-order valence-electron chi connectivity index (χ0n) is 15.9. The first-order valence-electron chi connectivity index (χ1n) is 8.78. The molecule has 0 aliphatic rings. The Balaban J connectivity index is 2.11. The van der Waals surface area contributed by atoms with Gasteiger partial charge in [-0.1, -0.05) is 64.1 Å². The summed E-state index contributed by atoms with van der Waals surface area (Å²) in [6, 6.07) is 18.1. The number of ketones is 1. The SMILES string of the molecule is CC(=O)c1ccc(C(C)(C)CCC(C)(C)c2ccc(C#N)cc2)cc1. The zero-order chi connectivity index (χ0) is 18.7. The second kappa shape index (κ2) is 7.23. The number of Topliss-reactive ketones (excluding diaryl/α,β-unsaturated/α-hetero) is 1. The molecule has 0 spiro atoms. The molecular formula is C23H27NO. The van der Waals surface area contributed by atoms with Crippen molar-refractivity contribution in [1.29, 1.82) is 5.26 Å². The van der Waals surface area contributed by atoms with Crippen LogP contribution in [0.15, 0.2) is 48.5 Å². The predicted molar refractivity (Wildman–Crippen MR) is 103 cm³/mol. The highest BCUT2D eigenvalue weighted by Gasteiger charge is 2.27. The molecule has 0 saturated heterocycles. The van der Waals surface area contributed by atoms with Crippen molar-refractivity contribution < 1.29 is 4.79 Å². The number of benzene rings is 2. The molecule has 25 heavy (non-hydrogen) atoms. The lowest BCUT2D eigenvalue weighted by molar-refractivity contribution is 0.101. The van der Waals surface area contributed by atoms with Crippen molar-refractivity contribution in [3.63, 3.8) is 0 Å². The van der Waals surface area contributed by atoms with E-state index >= 15 is 0 Å². The summed E-state index contributed by atoms with van der Waals surface area (Å²) in [5, 5.41) is 8.95. The molecule has 0 atom stereocenters. The maximum absolute atomic E-state index is 11.4. The first-order chi connectivity index (χ1) is 11.7. The molecule has 0 bridgehead atoms. The summed E-state index contributed by atoms with van der Waals surface area (Å²) in [6.07, 6.45) is 2.08. The van der Waals surface area contributed by atoms with E-state index < -0.39 is 0 Å². The maximum atomic E-state index is 11.4. The Morgan fingerprint density at radius 2 is 1.24 bits per heavy atom. The zero-order valence-corrected chi connectivity index (χ0v) is 15.9. The van der Waals surface area contributed by atoms with E-state index in [-0.39, 0.29) is 16.6 Å². The molecule has 0 aliphatic heterocycles. The van der Waals surface area contributed by atoms with Crippen LogP contribution in [0.25, 0.3) is 0 Å². The largest absolute Gasteiger partial charge is 0.295 e. The minimum Gasteiger partial charge on any atom is -0.295 e. The average molecular weight is 333 g/mol. The number of nitriles is 1. The van der Waals surface area contributed by atoms with Crippen LogP contribution in [0.5, 0.6) is 0 Å². The third-order valence-corrected chi connectivity index (χ3v) is 5.24. The number of hydrogen-bond acceptors (Lipinski definition) is 2. The third kappa shape index (κ3) is 4.57. The summed E-state index contributed by atoms with van der Waals surface area (Å²) < 4.78 is 0. The van der Waals surface area contributed by atoms with Gasteiger partial charge in [0.1, 0.15) is 0 Å². The Hall–Kier alpha value is -2.40. The summed E-state index contributed by atoms with van der Waals surface area (Å²) in [5.74, 6) is 0.103. The molecule has 2 aromatic rings. The molecular weight excluding hydrogens is 306 g/mol. The van der Waals surface area contributed by atoms with Gasteiger partial charge >= 0.3 is 0 Å². The Morgan fingerprint density at radius 1 is 0.840 bits per heavy atom. The van der Waals surface area contributed by atoms with Crippen LogP contribution in [0.3, 0.4) is 0 Å². The molecule has 0 aliphatic carbocycles. The average Bonchev–Trinajstić information content (AvgIpc) is 2.60. The summed E-state index contributed by atoms with van der Waals surface area (Å²) in [5.41, 5.74) is 4.06. The Bertz CT molecular complexity index is 774. The molecule has 2 aromatic carbocycles. The standard InChI is InChI=1S/C23H27NO/c1-17(25)19-8-12-21(13-9-19)23(4,5)15-14-22(2,3)20-10-6-18(16-24)7-11-20/h6-13H,14-15H2,1-5H3. The molecule has 2 heteroatoms. The van der Waals surface area contributed by atoms with Crippen LogP contribution in [0.2, 0.25) is 0 Å². The number of rotatable bonds is 6. The third-order valence-electron chi connectivity index (χ3n) is 5.24. The van der Waals surface area contributed by atoms with Gasteiger partial charge in [0, 0.05) is 5.56 Å². The predicted octanol–water partition coefficient (Wildman–Crippen LogP) is 5.80. The lowest BCUT2D eigenvalue weighted by atomic mass is 9.72.